The van der Waals surface area contributed by atoms with E-state index in [-0.39, 0.29) is 11.8 Å². The summed E-state index contributed by atoms with van der Waals surface area (Å²) in [5, 5.41) is 2.87. The number of rotatable bonds is 3. The number of ketones is 1. The highest BCUT2D eigenvalue weighted by Gasteiger charge is 2.19. The predicted octanol–water partition coefficient (Wildman–Crippen LogP) is 0.468. The van der Waals surface area contributed by atoms with Crippen molar-refractivity contribution in [2.45, 2.75) is 19.4 Å². The fourth-order valence-electron chi connectivity index (χ4n) is 0.934. The van der Waals surface area contributed by atoms with Crippen LogP contribution in [0.4, 0.5) is 0 Å². The Morgan fingerprint density at radius 2 is 2.55 bits per heavy atom. The quantitative estimate of drug-likeness (QED) is 0.643. The van der Waals surface area contributed by atoms with Gasteiger partial charge in [-0.05, 0) is 20.0 Å². The van der Waals surface area contributed by atoms with E-state index >= 15 is 0 Å². The third-order valence-electron chi connectivity index (χ3n) is 1.77. The SMILES string of the molecule is CN[C@@H](C)C(=O)C1=CCCO1. The summed E-state index contributed by atoms with van der Waals surface area (Å²) >= 11 is 0. The van der Waals surface area contributed by atoms with Crippen LogP contribution in [0.15, 0.2) is 11.8 Å². The van der Waals surface area contributed by atoms with E-state index in [0.29, 0.717) is 12.4 Å². The smallest absolute Gasteiger partial charge is 0.213 e. The van der Waals surface area contributed by atoms with Crippen LogP contribution >= 0.6 is 0 Å². The van der Waals surface area contributed by atoms with E-state index in [2.05, 4.69) is 5.32 Å². The van der Waals surface area contributed by atoms with E-state index in [0.717, 1.165) is 6.42 Å². The molecule has 11 heavy (non-hydrogen) atoms. The number of carbonyl (C=O) groups excluding carboxylic acids is 1. The Morgan fingerprint density at radius 3 is 3.00 bits per heavy atom. The molecule has 0 radical (unpaired) electrons. The van der Waals surface area contributed by atoms with Crippen LogP contribution in [0.3, 0.4) is 0 Å². The molecule has 3 nitrogen and oxygen atoms in total. The van der Waals surface area contributed by atoms with Crippen LogP contribution in [0.5, 0.6) is 0 Å². The first-order chi connectivity index (χ1) is 5.25. The van der Waals surface area contributed by atoms with Crippen LogP contribution in [0, 0.1) is 0 Å². The number of ether oxygens (including phenoxy) is 1. The first-order valence-electron chi connectivity index (χ1n) is 3.80. The van der Waals surface area contributed by atoms with Crippen molar-refractivity contribution in [3.8, 4) is 0 Å². The molecule has 0 unspecified atom stereocenters. The minimum atomic E-state index is -0.139. The summed E-state index contributed by atoms with van der Waals surface area (Å²) in [6.07, 6.45) is 2.70. The molecule has 62 valence electrons. The van der Waals surface area contributed by atoms with Crippen molar-refractivity contribution in [3.05, 3.63) is 11.8 Å². The molecule has 1 aliphatic rings. The van der Waals surface area contributed by atoms with E-state index in [4.69, 9.17) is 4.74 Å². The number of carbonyl (C=O) groups is 1. The van der Waals surface area contributed by atoms with Gasteiger partial charge in [-0.3, -0.25) is 4.79 Å². The van der Waals surface area contributed by atoms with E-state index in [1.807, 2.05) is 13.0 Å². The normalized spacial score (nSPS) is 18.9. The lowest BCUT2D eigenvalue weighted by Crippen LogP contribution is -2.31. The molecule has 0 aromatic heterocycles. The molecule has 0 bridgehead atoms. The second kappa shape index (κ2) is 3.53. The van der Waals surface area contributed by atoms with Crippen LogP contribution in [0.25, 0.3) is 0 Å². The highest BCUT2D eigenvalue weighted by Crippen LogP contribution is 2.11. The van der Waals surface area contributed by atoms with Crippen molar-refractivity contribution in [2.24, 2.45) is 0 Å². The van der Waals surface area contributed by atoms with E-state index in [9.17, 15) is 4.79 Å². The van der Waals surface area contributed by atoms with Gasteiger partial charge < -0.3 is 10.1 Å². The molecule has 0 aromatic carbocycles. The zero-order chi connectivity index (χ0) is 8.27. The fourth-order valence-corrected chi connectivity index (χ4v) is 0.934. The summed E-state index contributed by atoms with van der Waals surface area (Å²) < 4.78 is 5.11. The molecule has 0 amide bonds. The minimum Gasteiger partial charge on any atom is -0.490 e. The van der Waals surface area contributed by atoms with Gasteiger partial charge in [0, 0.05) is 6.42 Å². The van der Waals surface area contributed by atoms with Crippen molar-refractivity contribution < 1.29 is 9.53 Å². The number of likely N-dealkylation sites (N-methyl/N-ethyl adjacent to an activating group) is 1. The van der Waals surface area contributed by atoms with Crippen LogP contribution in [-0.4, -0.2) is 25.5 Å². The Labute approximate surface area is 66.4 Å². The van der Waals surface area contributed by atoms with Crippen molar-refractivity contribution >= 4 is 5.78 Å². The third kappa shape index (κ3) is 1.80. The Kier molecular flexibility index (Phi) is 2.65. The van der Waals surface area contributed by atoms with Gasteiger partial charge in [0.1, 0.15) is 0 Å². The molecule has 3 heteroatoms. The number of Topliss-reactive ketones (excluding diaryl/α,β-unsaturated/α-hetero) is 1. The molecule has 0 aromatic rings. The first-order valence-corrected chi connectivity index (χ1v) is 3.80. The van der Waals surface area contributed by atoms with Gasteiger partial charge in [-0.1, -0.05) is 0 Å². The van der Waals surface area contributed by atoms with Crippen molar-refractivity contribution in [1.29, 1.82) is 0 Å². The summed E-state index contributed by atoms with van der Waals surface area (Å²) in [6.45, 7) is 2.47. The van der Waals surface area contributed by atoms with E-state index in [1.54, 1.807) is 7.05 Å². The van der Waals surface area contributed by atoms with Crippen LogP contribution in [-0.2, 0) is 9.53 Å². The molecule has 0 spiro atoms. The number of hydrogen-bond acceptors (Lipinski definition) is 3. The molecule has 1 aliphatic heterocycles. The monoisotopic (exact) mass is 155 g/mol. The molecule has 0 saturated carbocycles. The minimum absolute atomic E-state index is 0.0463. The van der Waals surface area contributed by atoms with Crippen molar-refractivity contribution in [2.75, 3.05) is 13.7 Å². The lowest BCUT2D eigenvalue weighted by atomic mass is 10.2. The molecular formula is C8H13NO2. The number of hydrogen-bond donors (Lipinski definition) is 1. The summed E-state index contributed by atoms with van der Waals surface area (Å²) in [5.74, 6) is 0.567. The second-order valence-electron chi connectivity index (χ2n) is 2.58. The summed E-state index contributed by atoms with van der Waals surface area (Å²) in [6, 6.07) is -0.139. The lowest BCUT2D eigenvalue weighted by molar-refractivity contribution is -0.119. The molecule has 1 atom stereocenters. The van der Waals surface area contributed by atoms with E-state index in [1.165, 1.54) is 0 Å². The Morgan fingerprint density at radius 1 is 1.82 bits per heavy atom. The summed E-state index contributed by atoms with van der Waals surface area (Å²) in [7, 11) is 1.76. The molecule has 1 rings (SSSR count). The zero-order valence-corrected chi connectivity index (χ0v) is 6.89. The van der Waals surface area contributed by atoms with Crippen LogP contribution < -0.4 is 5.32 Å². The van der Waals surface area contributed by atoms with Gasteiger partial charge in [0.25, 0.3) is 0 Å². The highest BCUT2D eigenvalue weighted by atomic mass is 16.5. The molecular weight excluding hydrogens is 142 g/mol. The van der Waals surface area contributed by atoms with E-state index < -0.39 is 0 Å². The topological polar surface area (TPSA) is 38.3 Å². The standard InChI is InChI=1S/C8H13NO2/c1-6(9-2)8(10)7-4-3-5-11-7/h4,6,9H,3,5H2,1-2H3/t6-/m0/s1. The second-order valence-corrected chi connectivity index (χ2v) is 2.58. The molecule has 1 N–H and O–H groups in total. The van der Waals surface area contributed by atoms with Crippen molar-refractivity contribution in [3.63, 3.8) is 0 Å². The summed E-state index contributed by atoms with van der Waals surface area (Å²) in [4.78, 5) is 11.3. The maximum absolute atomic E-state index is 11.3. The van der Waals surface area contributed by atoms with Crippen LogP contribution in [0.2, 0.25) is 0 Å². The van der Waals surface area contributed by atoms with Gasteiger partial charge in [-0.15, -0.1) is 0 Å². The van der Waals surface area contributed by atoms with Gasteiger partial charge in [0.2, 0.25) is 5.78 Å². The molecule has 0 fully saturated rings. The molecule has 0 saturated heterocycles. The van der Waals surface area contributed by atoms with Gasteiger partial charge in [0.15, 0.2) is 5.76 Å². The maximum Gasteiger partial charge on any atom is 0.213 e. The Bertz CT molecular complexity index is 187. The van der Waals surface area contributed by atoms with Gasteiger partial charge in [-0.25, -0.2) is 0 Å². The fraction of sp³-hybridized carbons (Fsp3) is 0.625. The highest BCUT2D eigenvalue weighted by molar-refractivity contribution is 5.97. The summed E-state index contributed by atoms with van der Waals surface area (Å²) in [5.41, 5.74) is 0. The zero-order valence-electron chi connectivity index (χ0n) is 6.89. The van der Waals surface area contributed by atoms with Gasteiger partial charge in [0.05, 0.1) is 12.6 Å². The third-order valence-corrected chi connectivity index (χ3v) is 1.77. The average molecular weight is 155 g/mol. The maximum atomic E-state index is 11.3. The van der Waals surface area contributed by atoms with Gasteiger partial charge in [-0.2, -0.15) is 0 Å². The largest absolute Gasteiger partial charge is 0.490 e. The Hall–Kier alpha value is -0.830. The predicted molar refractivity (Wildman–Crippen MR) is 42.2 cm³/mol. The van der Waals surface area contributed by atoms with Gasteiger partial charge >= 0.3 is 0 Å². The van der Waals surface area contributed by atoms with Crippen LogP contribution in [0.1, 0.15) is 13.3 Å². The first kappa shape index (κ1) is 8.27. The lowest BCUT2D eigenvalue weighted by Gasteiger charge is -2.08. The average Bonchev–Trinajstić information content (AvgIpc) is 2.53. The molecule has 1 heterocycles. The number of nitrogens with one attached hydrogen (secondary N) is 1. The van der Waals surface area contributed by atoms with Crippen molar-refractivity contribution in [1.82, 2.24) is 5.32 Å². The Balaban J connectivity index is 2.53. The molecule has 0 aliphatic carbocycles.